The first-order chi connectivity index (χ1) is 43.4. The Labute approximate surface area is 551 Å². The molecule has 516 valence electrons. The number of quaternary nitrogens is 1. The third-order valence-electron chi connectivity index (χ3n) is 16.5. The van der Waals surface area contributed by atoms with Gasteiger partial charge in [-0.2, -0.15) is 0 Å². The van der Waals surface area contributed by atoms with Crippen LogP contribution in [-0.4, -0.2) is 74.3 Å². The van der Waals surface area contributed by atoms with Crippen LogP contribution in [-0.2, 0) is 27.9 Å². The number of esters is 1. The minimum Gasteiger partial charge on any atom is -0.456 e. The van der Waals surface area contributed by atoms with E-state index in [-0.39, 0.29) is 31.5 Å². The summed E-state index contributed by atoms with van der Waals surface area (Å²) in [7, 11) is 1.49. The van der Waals surface area contributed by atoms with Gasteiger partial charge < -0.3 is 19.4 Å². The number of ether oxygens (including phenoxy) is 1. The predicted molar refractivity (Wildman–Crippen MR) is 387 cm³/mol. The number of carbonyl (C=O) groups excluding carboxylic acids is 2. The fourth-order valence-corrected chi connectivity index (χ4v) is 11.5. The molecule has 0 aromatic rings. The number of phosphoric acid groups is 1. The average molecular weight is 1270 g/mol. The molecule has 0 spiro atoms. The van der Waals surface area contributed by atoms with Crippen LogP contribution in [0.1, 0.15) is 342 Å². The molecule has 0 aliphatic heterocycles. The highest BCUT2D eigenvalue weighted by molar-refractivity contribution is 7.47. The fraction of sp³-hybridized carbons (Fsp3) is 0.772. The first-order valence-corrected chi connectivity index (χ1v) is 39.1. The number of allylic oxidation sites excluding steroid dienone is 15. The minimum absolute atomic E-state index is 0.0369. The molecule has 0 aromatic heterocycles. The molecule has 0 heterocycles. The molecule has 0 rings (SSSR count). The van der Waals surface area contributed by atoms with Crippen molar-refractivity contribution in [2.75, 3.05) is 40.9 Å². The van der Waals surface area contributed by atoms with Crippen molar-refractivity contribution in [2.45, 2.75) is 354 Å². The molecule has 0 fully saturated rings. The van der Waals surface area contributed by atoms with Crippen LogP contribution in [0, 0.1) is 0 Å². The third kappa shape index (κ3) is 69.1. The molecule has 0 radical (unpaired) electrons. The van der Waals surface area contributed by atoms with Crippen molar-refractivity contribution in [1.29, 1.82) is 0 Å². The Morgan fingerprint density at radius 3 is 1.10 bits per heavy atom. The lowest BCUT2D eigenvalue weighted by atomic mass is 10.0. The van der Waals surface area contributed by atoms with E-state index in [4.69, 9.17) is 13.8 Å². The molecule has 89 heavy (non-hydrogen) atoms. The minimum atomic E-state index is -4.46. The number of phosphoric ester groups is 1. The monoisotopic (exact) mass is 1260 g/mol. The van der Waals surface area contributed by atoms with Crippen LogP contribution in [0.4, 0.5) is 0 Å². The molecule has 0 bridgehead atoms. The van der Waals surface area contributed by atoms with E-state index < -0.39 is 20.0 Å². The van der Waals surface area contributed by atoms with E-state index in [0.29, 0.717) is 17.4 Å². The van der Waals surface area contributed by atoms with E-state index >= 15 is 0 Å². The Morgan fingerprint density at radius 2 is 0.719 bits per heavy atom. The first kappa shape index (κ1) is 85.9. The van der Waals surface area contributed by atoms with Gasteiger partial charge in [0.15, 0.2) is 0 Å². The summed E-state index contributed by atoms with van der Waals surface area (Å²) in [6.45, 7) is 6.90. The second kappa shape index (κ2) is 67.8. The first-order valence-electron chi connectivity index (χ1n) is 37.6. The van der Waals surface area contributed by atoms with Crippen LogP contribution in [0.5, 0.6) is 0 Å². The summed E-state index contributed by atoms with van der Waals surface area (Å²) in [6, 6.07) is -0.856. The maximum absolute atomic E-state index is 13.6. The van der Waals surface area contributed by atoms with Gasteiger partial charge in [0, 0.05) is 12.8 Å². The van der Waals surface area contributed by atoms with Gasteiger partial charge in [0.1, 0.15) is 19.3 Å². The molecule has 0 aromatic carbocycles. The maximum Gasteiger partial charge on any atom is 0.472 e. The van der Waals surface area contributed by atoms with Gasteiger partial charge in [-0.15, -0.1) is 0 Å². The van der Waals surface area contributed by atoms with Crippen LogP contribution < -0.4 is 5.32 Å². The standard InChI is InChI=1S/C79H143N2O7P/c1-7-10-13-16-19-22-25-27-29-31-33-35-37-39-40-42-43-45-47-49-51-53-56-59-62-65-68-71-78(82)80-76(75-87-89(84,85)86-74-73-81(4,5)6)77(70-67-64-61-58-55-24-21-18-15-12-9-3)88-79(83)72-69-66-63-60-57-54-52-50-48-46-44-41-38-36-34-32-30-28-26-23-20-17-14-11-8-2/h11,14,19-20,22-23,27-30,34,36,41,44,67,70,76-77H,7-10,12-13,15-18,21,24-26,31-33,35,37-40,42-43,45-66,68-69,71-75H2,1-6H3,(H-,80,82,84,85)/p+1/b14-11-,22-19-,23-20-,29-27-,30-28-,36-34-,44-41-,70-67+. The molecule has 0 saturated heterocycles. The van der Waals surface area contributed by atoms with Crippen LogP contribution in [0.3, 0.4) is 0 Å². The predicted octanol–water partition coefficient (Wildman–Crippen LogP) is 24.2. The highest BCUT2D eigenvalue weighted by Gasteiger charge is 2.30. The summed E-state index contributed by atoms with van der Waals surface area (Å²) in [5, 5.41) is 3.07. The zero-order chi connectivity index (χ0) is 64.9. The van der Waals surface area contributed by atoms with Crippen LogP contribution in [0.25, 0.3) is 0 Å². The van der Waals surface area contributed by atoms with Crippen molar-refractivity contribution < 1.29 is 37.3 Å². The van der Waals surface area contributed by atoms with Crippen molar-refractivity contribution >= 4 is 19.7 Å². The van der Waals surface area contributed by atoms with Gasteiger partial charge in [0.25, 0.3) is 0 Å². The van der Waals surface area contributed by atoms with E-state index in [0.717, 1.165) is 109 Å². The summed E-state index contributed by atoms with van der Waals surface area (Å²) < 4.78 is 30.9. The SMILES string of the molecule is CC/C=C\C/C=C\C/C=C\C/C=C\C/C=C\CCCCCCCCCCCC(=O)OC(/C=C/CCCCCCCCCCC)C(COP(=O)(O)OCC[N+](C)(C)C)NC(=O)CCCCCCCCCCCCCCCCCCC/C=C\C/C=C\CCCCC. The number of nitrogens with one attached hydrogen (secondary N) is 1. The average Bonchev–Trinajstić information content (AvgIpc) is 3.64. The molecule has 0 saturated carbocycles. The number of rotatable bonds is 68. The van der Waals surface area contributed by atoms with Crippen molar-refractivity contribution in [2.24, 2.45) is 0 Å². The number of carbonyl (C=O) groups is 2. The van der Waals surface area contributed by atoms with E-state index in [2.05, 4.69) is 111 Å². The largest absolute Gasteiger partial charge is 0.472 e. The molecule has 1 amide bonds. The van der Waals surface area contributed by atoms with Gasteiger partial charge in [-0.25, -0.2) is 4.57 Å². The van der Waals surface area contributed by atoms with E-state index in [9.17, 15) is 19.0 Å². The van der Waals surface area contributed by atoms with Gasteiger partial charge in [-0.3, -0.25) is 18.6 Å². The van der Waals surface area contributed by atoms with Crippen molar-refractivity contribution in [3.8, 4) is 0 Å². The lowest BCUT2D eigenvalue weighted by molar-refractivity contribution is -0.870. The van der Waals surface area contributed by atoms with Gasteiger partial charge in [0.05, 0.1) is 33.8 Å². The molecular weight excluding hydrogens is 1120 g/mol. The second-order valence-electron chi connectivity index (χ2n) is 26.4. The third-order valence-corrected chi connectivity index (χ3v) is 17.5. The fourth-order valence-electron chi connectivity index (χ4n) is 10.8. The molecule has 2 N–H and O–H groups in total. The lowest BCUT2D eigenvalue weighted by Crippen LogP contribution is -2.47. The topological polar surface area (TPSA) is 111 Å². The Kier molecular flexibility index (Phi) is 65.5. The summed E-state index contributed by atoms with van der Waals surface area (Å²) in [5.41, 5.74) is 0. The quantitative estimate of drug-likeness (QED) is 0.0205. The lowest BCUT2D eigenvalue weighted by Gasteiger charge is -2.27. The van der Waals surface area contributed by atoms with Crippen LogP contribution in [0.15, 0.2) is 97.2 Å². The second-order valence-corrected chi connectivity index (χ2v) is 27.9. The van der Waals surface area contributed by atoms with Crippen molar-refractivity contribution in [3.05, 3.63) is 97.2 Å². The number of hydrogen-bond donors (Lipinski definition) is 2. The Bertz CT molecular complexity index is 1840. The number of hydrogen-bond acceptors (Lipinski definition) is 6. The summed E-state index contributed by atoms with van der Waals surface area (Å²) in [4.78, 5) is 38.0. The van der Waals surface area contributed by atoms with Crippen LogP contribution in [0.2, 0.25) is 0 Å². The van der Waals surface area contributed by atoms with Crippen molar-refractivity contribution in [3.63, 3.8) is 0 Å². The van der Waals surface area contributed by atoms with E-state index in [1.54, 1.807) is 0 Å². The van der Waals surface area contributed by atoms with Crippen molar-refractivity contribution in [1.82, 2.24) is 5.32 Å². The zero-order valence-electron chi connectivity index (χ0n) is 59.2. The molecular formula is C79H144N2O7P+. The molecule has 10 heteroatoms. The number of amides is 1. The van der Waals surface area contributed by atoms with Gasteiger partial charge in [-0.05, 0) is 109 Å². The smallest absolute Gasteiger partial charge is 0.456 e. The molecule has 0 aliphatic rings. The summed E-state index contributed by atoms with van der Waals surface area (Å²) in [6.07, 6.45) is 92.9. The number of unbranched alkanes of at least 4 members (excludes halogenated alkanes) is 38. The maximum atomic E-state index is 13.6. The van der Waals surface area contributed by atoms with E-state index in [1.807, 2.05) is 33.3 Å². The Balaban J connectivity index is 4.95. The van der Waals surface area contributed by atoms with Crippen LogP contribution >= 0.6 is 7.82 Å². The molecule has 3 unspecified atom stereocenters. The zero-order valence-corrected chi connectivity index (χ0v) is 60.1. The molecule has 9 nitrogen and oxygen atoms in total. The molecule has 3 atom stereocenters. The number of likely N-dealkylation sites (N-methyl/N-ethyl adjacent to an activating group) is 1. The highest BCUT2D eigenvalue weighted by atomic mass is 31.2. The highest BCUT2D eigenvalue weighted by Crippen LogP contribution is 2.43. The normalized spacial score (nSPS) is 14.0. The number of nitrogens with zero attached hydrogens (tertiary/aromatic N) is 1. The Hall–Kier alpha value is -3.07. The van der Waals surface area contributed by atoms with Gasteiger partial charge >= 0.3 is 13.8 Å². The van der Waals surface area contributed by atoms with Gasteiger partial charge in [-0.1, -0.05) is 317 Å². The van der Waals surface area contributed by atoms with Gasteiger partial charge in [0.2, 0.25) is 5.91 Å². The molecule has 0 aliphatic carbocycles. The summed E-state index contributed by atoms with van der Waals surface area (Å²) >= 11 is 0. The Morgan fingerprint density at radius 1 is 0.404 bits per heavy atom. The van der Waals surface area contributed by atoms with E-state index in [1.165, 1.54) is 199 Å². The summed E-state index contributed by atoms with van der Waals surface area (Å²) in [5.74, 6) is -0.505.